The van der Waals surface area contributed by atoms with Crippen molar-refractivity contribution in [2.75, 3.05) is 25.1 Å². The van der Waals surface area contributed by atoms with E-state index in [1.807, 2.05) is 11.8 Å². The highest BCUT2D eigenvalue weighted by Gasteiger charge is 2.17. The molecule has 0 atom stereocenters. The van der Waals surface area contributed by atoms with Gasteiger partial charge in [0.1, 0.15) is 5.84 Å². The topological polar surface area (TPSA) is 119 Å². The molecule has 0 aliphatic heterocycles. The van der Waals surface area contributed by atoms with E-state index in [1.165, 1.54) is 30.6 Å². The van der Waals surface area contributed by atoms with Gasteiger partial charge < -0.3 is 20.1 Å². The average Bonchev–Trinajstić information content (AvgIpc) is 3.18. The summed E-state index contributed by atoms with van der Waals surface area (Å²) in [6.45, 7) is 3.08. The van der Waals surface area contributed by atoms with Gasteiger partial charge in [-0.25, -0.2) is 14.2 Å². The first-order valence-corrected chi connectivity index (χ1v) is 10.2. The Labute approximate surface area is 181 Å². The molecule has 0 amide bonds. The molecule has 0 saturated carbocycles. The van der Waals surface area contributed by atoms with Crippen molar-refractivity contribution in [3.05, 3.63) is 53.3 Å². The number of nitrogens with zero attached hydrogens (tertiary/aromatic N) is 2. The molecule has 3 aromatic rings. The second-order valence-electron chi connectivity index (χ2n) is 6.53. The third-order valence-corrected chi connectivity index (χ3v) is 5.60. The molecule has 0 radical (unpaired) electrons. The average molecular weight is 444 g/mol. The molecule has 1 heterocycles. The van der Waals surface area contributed by atoms with Crippen molar-refractivity contribution < 1.29 is 23.5 Å². The van der Waals surface area contributed by atoms with E-state index in [9.17, 15) is 14.0 Å². The molecule has 8 nitrogen and oxygen atoms in total. The van der Waals surface area contributed by atoms with Crippen molar-refractivity contribution in [1.29, 1.82) is 5.41 Å². The molecule has 3 rings (SSSR count). The van der Waals surface area contributed by atoms with Crippen LogP contribution in [0, 0.1) is 11.2 Å². The number of fused-ring (bicyclic) bond motifs is 1. The minimum atomic E-state index is -0.786. The van der Waals surface area contributed by atoms with E-state index >= 15 is 0 Å². The Morgan fingerprint density at radius 2 is 1.97 bits per heavy atom. The van der Waals surface area contributed by atoms with Crippen LogP contribution in [0.5, 0.6) is 5.75 Å². The minimum absolute atomic E-state index is 0.198. The number of amidine groups is 1. The normalized spacial score (nSPS) is 10.7. The lowest BCUT2D eigenvalue weighted by atomic mass is 10.2. The smallest absolute Gasteiger partial charge is 0.343 e. The number of nitrogen functional groups attached to an aromatic ring is 1. The van der Waals surface area contributed by atoms with Crippen LogP contribution in [-0.4, -0.2) is 43.0 Å². The fraction of sp³-hybridized carbons (Fsp3) is 0.238. The van der Waals surface area contributed by atoms with Crippen molar-refractivity contribution >= 4 is 44.5 Å². The van der Waals surface area contributed by atoms with Crippen LogP contribution in [0.15, 0.2) is 36.4 Å². The molecule has 1 aromatic heterocycles. The van der Waals surface area contributed by atoms with Crippen molar-refractivity contribution in [3.63, 3.8) is 0 Å². The van der Waals surface area contributed by atoms with Crippen LogP contribution in [0.25, 0.3) is 10.2 Å². The van der Waals surface area contributed by atoms with E-state index in [0.29, 0.717) is 18.6 Å². The van der Waals surface area contributed by atoms with Gasteiger partial charge in [-0.05, 0) is 43.3 Å². The lowest BCUT2D eigenvalue weighted by molar-refractivity contribution is -0.140. The van der Waals surface area contributed by atoms with E-state index in [0.717, 1.165) is 15.9 Å². The second kappa shape index (κ2) is 9.52. The van der Waals surface area contributed by atoms with Crippen LogP contribution in [-0.2, 0) is 9.53 Å². The molecule has 2 aromatic carbocycles. The number of aromatic nitrogens is 1. The number of benzene rings is 2. The number of carbonyl (C=O) groups excluding carboxylic acids is 2. The van der Waals surface area contributed by atoms with E-state index in [1.54, 1.807) is 18.2 Å². The van der Waals surface area contributed by atoms with Crippen molar-refractivity contribution in [1.82, 2.24) is 4.98 Å². The molecule has 0 fully saturated rings. The first-order valence-electron chi connectivity index (χ1n) is 9.40. The van der Waals surface area contributed by atoms with Crippen LogP contribution >= 0.6 is 11.3 Å². The number of hydrogen-bond acceptors (Lipinski definition) is 8. The van der Waals surface area contributed by atoms with Gasteiger partial charge in [-0.3, -0.25) is 10.2 Å². The summed E-state index contributed by atoms with van der Waals surface area (Å²) < 4.78 is 24.8. The highest BCUT2D eigenvalue weighted by Crippen LogP contribution is 2.30. The Balaban J connectivity index is 1.78. The van der Waals surface area contributed by atoms with Gasteiger partial charge in [0.2, 0.25) is 0 Å². The first kappa shape index (κ1) is 22.2. The summed E-state index contributed by atoms with van der Waals surface area (Å²) in [6.07, 6.45) is 0.242. The van der Waals surface area contributed by atoms with E-state index in [-0.39, 0.29) is 35.1 Å². The maximum absolute atomic E-state index is 14.1. The highest BCUT2D eigenvalue weighted by molar-refractivity contribution is 7.22. The maximum atomic E-state index is 14.1. The Bertz CT molecular complexity index is 1150. The van der Waals surface area contributed by atoms with Gasteiger partial charge in [-0.15, -0.1) is 0 Å². The number of nitrogens with one attached hydrogen (secondary N) is 1. The largest absolute Gasteiger partial charge is 0.469 e. The maximum Gasteiger partial charge on any atom is 0.343 e. The number of rotatable bonds is 8. The van der Waals surface area contributed by atoms with Crippen molar-refractivity contribution in [2.24, 2.45) is 5.73 Å². The molecular weight excluding hydrogens is 423 g/mol. The van der Waals surface area contributed by atoms with Gasteiger partial charge in [0.25, 0.3) is 0 Å². The highest BCUT2D eigenvalue weighted by atomic mass is 32.1. The summed E-state index contributed by atoms with van der Waals surface area (Å²) in [5.41, 5.74) is 6.47. The molecule has 10 heteroatoms. The van der Waals surface area contributed by atoms with Crippen molar-refractivity contribution in [2.45, 2.75) is 13.3 Å². The van der Waals surface area contributed by atoms with E-state index in [2.05, 4.69) is 9.72 Å². The lowest BCUT2D eigenvalue weighted by Crippen LogP contribution is -2.25. The zero-order valence-electron chi connectivity index (χ0n) is 17.0. The molecule has 3 N–H and O–H groups in total. The Morgan fingerprint density at radius 1 is 1.23 bits per heavy atom. The molecule has 0 spiro atoms. The number of esters is 2. The predicted molar refractivity (Wildman–Crippen MR) is 117 cm³/mol. The van der Waals surface area contributed by atoms with Crippen LogP contribution in [0.4, 0.5) is 9.52 Å². The number of halogens is 1. The Kier molecular flexibility index (Phi) is 6.81. The quantitative estimate of drug-likeness (QED) is 0.237. The number of hydrogen-bond donors (Lipinski definition) is 2. The first-order chi connectivity index (χ1) is 14.8. The third kappa shape index (κ3) is 5.15. The Hall–Kier alpha value is -3.53. The van der Waals surface area contributed by atoms with Crippen LogP contribution in [0.3, 0.4) is 0 Å². The second-order valence-corrected chi connectivity index (χ2v) is 7.54. The fourth-order valence-corrected chi connectivity index (χ4v) is 3.90. The summed E-state index contributed by atoms with van der Waals surface area (Å²) in [5, 5.41) is 8.05. The van der Waals surface area contributed by atoms with E-state index in [4.69, 9.17) is 15.9 Å². The predicted octanol–water partition coefficient (Wildman–Crippen LogP) is 3.33. The van der Waals surface area contributed by atoms with Crippen molar-refractivity contribution in [3.8, 4) is 5.75 Å². The van der Waals surface area contributed by atoms with E-state index < -0.39 is 11.8 Å². The van der Waals surface area contributed by atoms with Gasteiger partial charge in [0.15, 0.2) is 16.7 Å². The molecule has 0 unspecified atom stereocenters. The van der Waals surface area contributed by atoms with Crippen LogP contribution < -0.4 is 15.4 Å². The molecule has 0 saturated heterocycles. The zero-order chi connectivity index (χ0) is 22.5. The fourth-order valence-electron chi connectivity index (χ4n) is 2.80. The summed E-state index contributed by atoms with van der Waals surface area (Å²) in [4.78, 5) is 30.4. The molecule has 0 aliphatic carbocycles. The monoisotopic (exact) mass is 444 g/mol. The van der Waals surface area contributed by atoms with Gasteiger partial charge in [-0.1, -0.05) is 11.3 Å². The van der Waals surface area contributed by atoms with Gasteiger partial charge in [-0.2, -0.15) is 0 Å². The summed E-state index contributed by atoms with van der Waals surface area (Å²) in [5.74, 6) is -2.33. The number of carbonyl (C=O) groups is 2. The molecule has 31 heavy (non-hydrogen) atoms. The number of ether oxygens (including phenoxy) is 2. The number of nitrogens with two attached hydrogens (primary N) is 1. The minimum Gasteiger partial charge on any atom is -0.469 e. The molecule has 0 bridgehead atoms. The summed E-state index contributed by atoms with van der Waals surface area (Å²) >= 11 is 1.38. The third-order valence-electron chi connectivity index (χ3n) is 4.52. The van der Waals surface area contributed by atoms with Crippen LogP contribution in [0.2, 0.25) is 0 Å². The number of anilines is 1. The zero-order valence-corrected chi connectivity index (χ0v) is 17.8. The molecule has 162 valence electrons. The Morgan fingerprint density at radius 3 is 2.61 bits per heavy atom. The SMILES string of the molecule is CCN(CCC(=O)OC)c1nc2ccc(C(=O)Oc3ccc(C(=N)N)cc3F)cc2s1. The van der Waals surface area contributed by atoms with Gasteiger partial charge in [0.05, 0.1) is 29.3 Å². The van der Waals surface area contributed by atoms with Gasteiger partial charge >= 0.3 is 11.9 Å². The molecule has 0 aliphatic rings. The summed E-state index contributed by atoms with van der Waals surface area (Å²) in [6, 6.07) is 8.58. The number of thiazole rings is 1. The number of methoxy groups -OCH3 is 1. The van der Waals surface area contributed by atoms with Crippen LogP contribution in [0.1, 0.15) is 29.3 Å². The molecular formula is C21H21FN4O4S. The summed E-state index contributed by atoms with van der Waals surface area (Å²) in [7, 11) is 1.35. The lowest BCUT2D eigenvalue weighted by Gasteiger charge is -2.18. The van der Waals surface area contributed by atoms with Gasteiger partial charge in [0, 0.05) is 18.7 Å². The standard InChI is InChI=1S/C21H21FN4O4S/c1-3-26(9-8-18(27)29-2)21-25-15-6-4-13(11-17(15)31-21)20(28)30-16-7-5-12(19(23)24)10-14(16)22/h4-7,10-11H,3,8-9H2,1-2H3,(H3,23,24).